The maximum Gasteiger partial charge on any atom is 0.432 e. The molecule has 118 valence electrons. The Hall–Kier alpha value is -1.96. The maximum atomic E-state index is 13.2. The summed E-state index contributed by atoms with van der Waals surface area (Å²) in [5.74, 6) is -2.08. The Morgan fingerprint density at radius 3 is 2.43 bits per heavy atom. The average Bonchev–Trinajstić information content (AvgIpc) is 2.44. The number of anilines is 1. The lowest BCUT2D eigenvalue weighted by Gasteiger charge is -2.29. The van der Waals surface area contributed by atoms with Gasteiger partial charge in [0.15, 0.2) is 0 Å². The van der Waals surface area contributed by atoms with Crippen LogP contribution >= 0.6 is 0 Å². The zero-order chi connectivity index (χ0) is 16.3. The van der Waals surface area contributed by atoms with E-state index in [1.165, 1.54) is 19.1 Å². The van der Waals surface area contributed by atoms with E-state index in [1.54, 1.807) is 7.05 Å². The van der Waals surface area contributed by atoms with Crippen molar-refractivity contribution in [2.24, 2.45) is 0 Å². The first kappa shape index (κ1) is 17.1. The van der Waals surface area contributed by atoms with Crippen molar-refractivity contribution in [2.75, 3.05) is 26.1 Å². The molecule has 8 heteroatoms. The molecule has 0 aliphatic heterocycles. The largest absolute Gasteiger partial charge is 0.496 e. The first-order valence-electron chi connectivity index (χ1n) is 6.04. The van der Waals surface area contributed by atoms with Gasteiger partial charge in [-0.3, -0.25) is 0 Å². The second kappa shape index (κ2) is 6.21. The van der Waals surface area contributed by atoms with Crippen molar-refractivity contribution < 1.29 is 32.5 Å². The molecule has 0 aliphatic rings. The molecule has 0 saturated heterocycles. The summed E-state index contributed by atoms with van der Waals surface area (Å²) < 4.78 is 48.9. The number of aliphatic hydroxyl groups is 1. The Morgan fingerprint density at radius 1 is 1.38 bits per heavy atom. The van der Waals surface area contributed by atoms with Gasteiger partial charge < -0.3 is 19.9 Å². The fraction of sp³-hybridized carbons (Fsp3) is 0.462. The monoisotopic (exact) mass is 307 g/mol. The van der Waals surface area contributed by atoms with Crippen molar-refractivity contribution in [3.63, 3.8) is 0 Å². The lowest BCUT2D eigenvalue weighted by Crippen LogP contribution is -2.50. The highest BCUT2D eigenvalue weighted by Crippen LogP contribution is 2.44. The van der Waals surface area contributed by atoms with Crippen molar-refractivity contribution in [3.8, 4) is 5.75 Å². The predicted molar refractivity (Wildman–Crippen MR) is 69.1 cm³/mol. The number of carbonyl (C=O) groups is 1. The molecule has 1 rings (SSSR count). The van der Waals surface area contributed by atoms with E-state index in [0.29, 0.717) is 5.69 Å². The SMILES string of the molecule is CCOC(=O)C(O)(c1ccc(NC)cc1OC)C(F)(F)F. The fourth-order valence-electron chi connectivity index (χ4n) is 1.76. The minimum Gasteiger partial charge on any atom is -0.496 e. The van der Waals surface area contributed by atoms with Gasteiger partial charge in [-0.25, -0.2) is 4.79 Å². The highest BCUT2D eigenvalue weighted by Gasteiger charge is 2.63. The summed E-state index contributed by atoms with van der Waals surface area (Å²) in [4.78, 5) is 11.7. The molecule has 1 aromatic carbocycles. The molecule has 0 radical (unpaired) electrons. The van der Waals surface area contributed by atoms with Gasteiger partial charge in [-0.1, -0.05) is 0 Å². The van der Waals surface area contributed by atoms with Crippen molar-refractivity contribution in [2.45, 2.75) is 18.7 Å². The molecule has 0 aliphatic carbocycles. The number of esters is 1. The molecular weight excluding hydrogens is 291 g/mol. The van der Waals surface area contributed by atoms with Crippen LogP contribution in [-0.2, 0) is 15.1 Å². The number of halogens is 3. The Labute approximate surface area is 119 Å². The van der Waals surface area contributed by atoms with Crippen molar-refractivity contribution in [3.05, 3.63) is 23.8 Å². The number of rotatable bonds is 5. The third-order valence-electron chi connectivity index (χ3n) is 2.86. The van der Waals surface area contributed by atoms with Crippen LogP contribution in [0.3, 0.4) is 0 Å². The van der Waals surface area contributed by atoms with Crippen LogP contribution in [0, 0.1) is 0 Å². The molecule has 1 unspecified atom stereocenters. The topological polar surface area (TPSA) is 67.8 Å². The Balaban J connectivity index is 3.50. The van der Waals surface area contributed by atoms with Gasteiger partial charge in [0.25, 0.3) is 5.60 Å². The van der Waals surface area contributed by atoms with Crippen LogP contribution in [0.25, 0.3) is 0 Å². The van der Waals surface area contributed by atoms with Gasteiger partial charge in [-0.15, -0.1) is 0 Å². The molecule has 0 amide bonds. The summed E-state index contributed by atoms with van der Waals surface area (Å²) >= 11 is 0. The van der Waals surface area contributed by atoms with E-state index >= 15 is 0 Å². The zero-order valence-electron chi connectivity index (χ0n) is 11.7. The molecule has 21 heavy (non-hydrogen) atoms. The quantitative estimate of drug-likeness (QED) is 0.815. The molecule has 0 heterocycles. The van der Waals surface area contributed by atoms with Crippen LogP contribution in [0.5, 0.6) is 5.75 Å². The zero-order valence-corrected chi connectivity index (χ0v) is 11.7. The number of benzene rings is 1. The summed E-state index contributed by atoms with van der Waals surface area (Å²) in [6.45, 7) is 1.05. The third-order valence-corrected chi connectivity index (χ3v) is 2.86. The van der Waals surface area contributed by atoms with E-state index in [1.807, 2.05) is 0 Å². The third kappa shape index (κ3) is 3.05. The van der Waals surface area contributed by atoms with Gasteiger partial charge >= 0.3 is 12.1 Å². The maximum absolute atomic E-state index is 13.2. The molecular formula is C13H16F3NO4. The van der Waals surface area contributed by atoms with Crippen LogP contribution in [0.2, 0.25) is 0 Å². The lowest BCUT2D eigenvalue weighted by atomic mass is 9.91. The second-order valence-electron chi connectivity index (χ2n) is 4.09. The van der Waals surface area contributed by atoms with E-state index in [0.717, 1.165) is 13.2 Å². The fourth-order valence-corrected chi connectivity index (χ4v) is 1.76. The first-order valence-corrected chi connectivity index (χ1v) is 6.04. The van der Waals surface area contributed by atoms with Crippen molar-refractivity contribution >= 4 is 11.7 Å². The Kier molecular flexibility index (Phi) is 5.06. The number of hydrogen-bond acceptors (Lipinski definition) is 5. The Morgan fingerprint density at radius 2 is 2.00 bits per heavy atom. The molecule has 2 N–H and O–H groups in total. The van der Waals surface area contributed by atoms with Gasteiger partial charge in [-0.05, 0) is 19.1 Å². The molecule has 0 aromatic heterocycles. The molecule has 0 spiro atoms. The van der Waals surface area contributed by atoms with Gasteiger partial charge in [0, 0.05) is 24.4 Å². The summed E-state index contributed by atoms with van der Waals surface area (Å²) in [6.07, 6.45) is -5.26. The average molecular weight is 307 g/mol. The molecule has 1 atom stereocenters. The number of nitrogens with one attached hydrogen (secondary N) is 1. The predicted octanol–water partition coefficient (Wildman–Crippen LogP) is 2.05. The standard InChI is InChI=1S/C13H16F3NO4/c1-4-21-11(18)12(19,13(14,15)16)9-6-5-8(17-2)7-10(9)20-3/h5-7,17,19H,4H2,1-3H3. The molecule has 5 nitrogen and oxygen atoms in total. The van der Waals surface area contributed by atoms with E-state index in [4.69, 9.17) is 4.74 Å². The van der Waals surface area contributed by atoms with E-state index in [9.17, 15) is 23.1 Å². The van der Waals surface area contributed by atoms with Crippen LogP contribution in [0.1, 0.15) is 12.5 Å². The molecule has 1 aromatic rings. The highest BCUT2D eigenvalue weighted by molar-refractivity contribution is 5.83. The van der Waals surface area contributed by atoms with E-state index < -0.39 is 23.3 Å². The van der Waals surface area contributed by atoms with E-state index in [2.05, 4.69) is 10.1 Å². The minimum absolute atomic E-state index is 0.283. The summed E-state index contributed by atoms with van der Waals surface area (Å²) in [6, 6.07) is 3.49. The van der Waals surface area contributed by atoms with Gasteiger partial charge in [0.05, 0.1) is 13.7 Å². The molecule has 0 bridgehead atoms. The van der Waals surface area contributed by atoms with Crippen LogP contribution in [0.4, 0.5) is 18.9 Å². The number of methoxy groups -OCH3 is 1. The van der Waals surface area contributed by atoms with Crippen molar-refractivity contribution in [1.82, 2.24) is 0 Å². The number of alkyl halides is 3. The summed E-state index contributed by atoms with van der Waals surface area (Å²) in [7, 11) is 2.70. The van der Waals surface area contributed by atoms with Crippen LogP contribution in [0.15, 0.2) is 18.2 Å². The van der Waals surface area contributed by atoms with E-state index in [-0.39, 0.29) is 12.4 Å². The van der Waals surface area contributed by atoms with Gasteiger partial charge in [0.2, 0.25) is 0 Å². The number of carbonyl (C=O) groups excluding carboxylic acids is 1. The molecule has 0 fully saturated rings. The van der Waals surface area contributed by atoms with Crippen molar-refractivity contribution in [1.29, 1.82) is 0 Å². The number of ether oxygens (including phenoxy) is 2. The first-order chi connectivity index (χ1) is 9.72. The number of hydrogen-bond donors (Lipinski definition) is 2. The van der Waals surface area contributed by atoms with Gasteiger partial charge in [-0.2, -0.15) is 13.2 Å². The van der Waals surface area contributed by atoms with Crippen LogP contribution in [-0.4, -0.2) is 38.0 Å². The summed E-state index contributed by atoms with van der Waals surface area (Å²) in [5, 5.41) is 12.7. The smallest absolute Gasteiger partial charge is 0.432 e. The Bertz CT molecular complexity index is 519. The normalized spacial score (nSPS) is 14.2. The molecule has 0 saturated carbocycles. The summed E-state index contributed by atoms with van der Waals surface area (Å²) in [5.41, 5.74) is -4.06. The van der Waals surface area contributed by atoms with Gasteiger partial charge in [0.1, 0.15) is 5.75 Å². The minimum atomic E-state index is -5.26. The highest BCUT2D eigenvalue weighted by atomic mass is 19.4. The lowest BCUT2D eigenvalue weighted by molar-refractivity contribution is -0.268. The van der Waals surface area contributed by atoms with Crippen LogP contribution < -0.4 is 10.1 Å². The second-order valence-corrected chi connectivity index (χ2v) is 4.09.